The van der Waals surface area contributed by atoms with Crippen LogP contribution in [-0.2, 0) is 22.6 Å². The number of nitrogens with one attached hydrogen (secondary N) is 1. The summed E-state index contributed by atoms with van der Waals surface area (Å²) in [7, 11) is 0. The topological polar surface area (TPSA) is 49.4 Å². The quantitative estimate of drug-likeness (QED) is 0.339. The van der Waals surface area contributed by atoms with Crippen LogP contribution >= 0.6 is 11.8 Å². The third kappa shape index (κ3) is 8.29. The van der Waals surface area contributed by atoms with Crippen molar-refractivity contribution >= 4 is 23.6 Å². The van der Waals surface area contributed by atoms with Gasteiger partial charge < -0.3 is 10.2 Å². The van der Waals surface area contributed by atoms with Crippen molar-refractivity contribution in [1.82, 2.24) is 10.2 Å². The monoisotopic (exact) mass is 488 g/mol. The molecule has 3 aromatic rings. The number of thioether (sulfide) groups is 1. The molecular weight excluding hydrogens is 452 g/mol. The number of rotatable bonds is 11. The minimum Gasteiger partial charge on any atom is -0.352 e. The van der Waals surface area contributed by atoms with Gasteiger partial charge in [-0.3, -0.25) is 9.59 Å². The first-order chi connectivity index (χ1) is 16.9. The molecule has 0 aliphatic heterocycles. The number of amides is 2. The molecule has 0 saturated carbocycles. The van der Waals surface area contributed by atoms with Crippen LogP contribution in [0.5, 0.6) is 0 Å². The predicted octanol–water partition coefficient (Wildman–Crippen LogP) is 5.95. The van der Waals surface area contributed by atoms with Gasteiger partial charge in [0.25, 0.3) is 0 Å². The van der Waals surface area contributed by atoms with Gasteiger partial charge in [0.1, 0.15) is 6.04 Å². The molecular formula is C30H36N2O2S. The van der Waals surface area contributed by atoms with E-state index in [1.165, 1.54) is 17.3 Å². The summed E-state index contributed by atoms with van der Waals surface area (Å²) in [5.74, 6) is 0.122. The lowest BCUT2D eigenvalue weighted by atomic mass is 10.0. The molecule has 3 aromatic carbocycles. The van der Waals surface area contributed by atoms with E-state index in [1.54, 1.807) is 4.90 Å². The molecule has 3 rings (SSSR count). The number of hydrogen-bond acceptors (Lipinski definition) is 3. The van der Waals surface area contributed by atoms with Crippen LogP contribution in [0.15, 0.2) is 83.8 Å². The zero-order valence-electron chi connectivity index (χ0n) is 21.2. The van der Waals surface area contributed by atoms with Gasteiger partial charge in [-0.25, -0.2) is 0 Å². The van der Waals surface area contributed by atoms with Gasteiger partial charge in [-0.2, -0.15) is 0 Å². The van der Waals surface area contributed by atoms with E-state index in [4.69, 9.17) is 0 Å². The molecule has 2 amide bonds. The summed E-state index contributed by atoms with van der Waals surface area (Å²) in [6.07, 6.45) is 1.30. The molecule has 2 atom stereocenters. The van der Waals surface area contributed by atoms with Crippen molar-refractivity contribution in [1.29, 1.82) is 0 Å². The molecule has 35 heavy (non-hydrogen) atoms. The number of benzene rings is 3. The molecule has 0 spiro atoms. The van der Waals surface area contributed by atoms with Crippen molar-refractivity contribution in [3.63, 3.8) is 0 Å². The molecule has 1 N–H and O–H groups in total. The number of nitrogens with zero attached hydrogens (tertiary/aromatic N) is 1. The van der Waals surface area contributed by atoms with Crippen LogP contribution in [0.3, 0.4) is 0 Å². The fourth-order valence-electron chi connectivity index (χ4n) is 3.75. The molecule has 0 heterocycles. The number of hydrogen-bond donors (Lipinski definition) is 1. The van der Waals surface area contributed by atoms with E-state index in [-0.39, 0.29) is 23.6 Å². The minimum atomic E-state index is -0.598. The van der Waals surface area contributed by atoms with Crippen molar-refractivity contribution < 1.29 is 9.59 Å². The van der Waals surface area contributed by atoms with E-state index < -0.39 is 6.04 Å². The normalized spacial score (nSPS) is 12.6. The largest absolute Gasteiger partial charge is 0.352 e. The van der Waals surface area contributed by atoms with Gasteiger partial charge in [-0.1, -0.05) is 84.8 Å². The van der Waals surface area contributed by atoms with E-state index in [2.05, 4.69) is 17.4 Å². The first kappa shape index (κ1) is 26.6. The van der Waals surface area contributed by atoms with Gasteiger partial charge in [0, 0.05) is 23.9 Å². The minimum absolute atomic E-state index is 0.0408. The van der Waals surface area contributed by atoms with Crippen molar-refractivity contribution in [3.05, 3.63) is 101 Å². The lowest BCUT2D eigenvalue weighted by Gasteiger charge is -2.32. The summed E-state index contributed by atoms with van der Waals surface area (Å²) < 4.78 is 0. The molecule has 0 radical (unpaired) electrons. The standard InChI is InChI=1S/C30H36N2O2S/c1-5-24(4)31-30(34)28(19-25-9-7-6-8-10-25)32(20-26-15-11-22(2)12-16-26)29(33)21-35-27-17-13-23(3)14-18-27/h6-18,24,28H,5,19-21H2,1-4H3,(H,31,34). The number of aryl methyl sites for hydroxylation is 2. The summed E-state index contributed by atoms with van der Waals surface area (Å²) in [5, 5.41) is 3.12. The Morgan fingerprint density at radius 3 is 2.06 bits per heavy atom. The average molecular weight is 489 g/mol. The zero-order valence-corrected chi connectivity index (χ0v) is 22.0. The van der Waals surface area contributed by atoms with Crippen LogP contribution in [0.2, 0.25) is 0 Å². The molecule has 0 aromatic heterocycles. The molecule has 0 fully saturated rings. The summed E-state index contributed by atoms with van der Waals surface area (Å²) in [6.45, 7) is 8.52. The second-order valence-electron chi connectivity index (χ2n) is 9.13. The fourth-order valence-corrected chi connectivity index (χ4v) is 4.53. The van der Waals surface area contributed by atoms with Crippen molar-refractivity contribution in [3.8, 4) is 0 Å². The Labute approximate surface area is 214 Å². The molecule has 184 valence electrons. The smallest absolute Gasteiger partial charge is 0.243 e. The molecule has 0 saturated heterocycles. The van der Waals surface area contributed by atoms with E-state index in [0.29, 0.717) is 13.0 Å². The van der Waals surface area contributed by atoms with Crippen LogP contribution in [0.4, 0.5) is 0 Å². The maximum absolute atomic E-state index is 13.7. The summed E-state index contributed by atoms with van der Waals surface area (Å²) in [4.78, 5) is 30.0. The van der Waals surface area contributed by atoms with E-state index in [0.717, 1.165) is 28.0 Å². The molecule has 4 nitrogen and oxygen atoms in total. The van der Waals surface area contributed by atoms with Gasteiger partial charge in [0.15, 0.2) is 0 Å². The highest BCUT2D eigenvalue weighted by Crippen LogP contribution is 2.22. The van der Waals surface area contributed by atoms with E-state index >= 15 is 0 Å². The highest BCUT2D eigenvalue weighted by molar-refractivity contribution is 8.00. The van der Waals surface area contributed by atoms with Gasteiger partial charge >= 0.3 is 0 Å². The summed E-state index contributed by atoms with van der Waals surface area (Å²) in [5.41, 5.74) is 4.39. The van der Waals surface area contributed by atoms with Crippen molar-refractivity contribution in [2.24, 2.45) is 0 Å². The van der Waals surface area contributed by atoms with Crippen LogP contribution in [0.1, 0.15) is 42.5 Å². The highest BCUT2D eigenvalue weighted by Gasteiger charge is 2.30. The Bertz CT molecular complexity index is 1080. The SMILES string of the molecule is CCC(C)NC(=O)C(Cc1ccccc1)N(Cc1ccc(C)cc1)C(=O)CSc1ccc(C)cc1. The van der Waals surface area contributed by atoms with Crippen molar-refractivity contribution in [2.45, 2.75) is 64.1 Å². The van der Waals surface area contributed by atoms with E-state index in [1.807, 2.05) is 94.4 Å². The third-order valence-electron chi connectivity index (χ3n) is 6.13. The van der Waals surface area contributed by atoms with Gasteiger partial charge in [0.2, 0.25) is 11.8 Å². The second kappa shape index (κ2) is 13.1. The lowest BCUT2D eigenvalue weighted by molar-refractivity contribution is -0.139. The first-order valence-corrected chi connectivity index (χ1v) is 13.2. The summed E-state index contributed by atoms with van der Waals surface area (Å²) in [6, 6.07) is 25.7. The zero-order chi connectivity index (χ0) is 25.2. The molecule has 5 heteroatoms. The Balaban J connectivity index is 1.89. The lowest BCUT2D eigenvalue weighted by Crippen LogP contribution is -2.52. The Hall–Kier alpha value is -3.05. The third-order valence-corrected chi connectivity index (χ3v) is 7.13. The molecule has 0 aliphatic carbocycles. The average Bonchev–Trinajstić information content (AvgIpc) is 2.87. The highest BCUT2D eigenvalue weighted by atomic mass is 32.2. The van der Waals surface area contributed by atoms with Gasteiger partial charge in [-0.05, 0) is 50.5 Å². The maximum Gasteiger partial charge on any atom is 0.243 e. The number of carbonyl (C=O) groups excluding carboxylic acids is 2. The molecule has 0 aliphatic rings. The number of carbonyl (C=O) groups is 2. The van der Waals surface area contributed by atoms with Crippen LogP contribution in [-0.4, -0.2) is 34.6 Å². The summed E-state index contributed by atoms with van der Waals surface area (Å²) >= 11 is 1.51. The Morgan fingerprint density at radius 2 is 1.46 bits per heavy atom. The van der Waals surface area contributed by atoms with Crippen LogP contribution in [0.25, 0.3) is 0 Å². The van der Waals surface area contributed by atoms with Crippen LogP contribution in [0, 0.1) is 13.8 Å². The van der Waals surface area contributed by atoms with Gasteiger partial charge in [-0.15, -0.1) is 11.8 Å². The Kier molecular flexibility index (Phi) is 9.98. The Morgan fingerprint density at radius 1 is 0.857 bits per heavy atom. The first-order valence-electron chi connectivity index (χ1n) is 12.2. The predicted molar refractivity (Wildman–Crippen MR) is 145 cm³/mol. The van der Waals surface area contributed by atoms with Crippen molar-refractivity contribution in [2.75, 3.05) is 5.75 Å². The van der Waals surface area contributed by atoms with E-state index in [9.17, 15) is 9.59 Å². The molecule has 0 bridgehead atoms. The molecule has 2 unspecified atom stereocenters. The second-order valence-corrected chi connectivity index (χ2v) is 10.2. The van der Waals surface area contributed by atoms with Crippen LogP contribution < -0.4 is 5.32 Å². The fraction of sp³-hybridized carbons (Fsp3) is 0.333. The van der Waals surface area contributed by atoms with Gasteiger partial charge in [0.05, 0.1) is 5.75 Å². The maximum atomic E-state index is 13.7.